The zero-order valence-corrected chi connectivity index (χ0v) is 8.74. The smallest absolute Gasteiger partial charge is 0.0696 e. The summed E-state index contributed by atoms with van der Waals surface area (Å²) in [4.78, 5) is 8.15. The van der Waals surface area contributed by atoms with Crippen molar-refractivity contribution in [3.05, 3.63) is 59.7 Å². The molecule has 0 fully saturated rings. The normalized spacial score (nSPS) is 10.8. The molecule has 2 heterocycles. The molecule has 0 amide bonds. The maximum Gasteiger partial charge on any atom is 0.0696 e. The zero-order chi connectivity index (χ0) is 11.2. The van der Waals surface area contributed by atoms with Gasteiger partial charge in [-0.05, 0) is 35.4 Å². The standard InChI is InChI=1S/C13H12N2O/c16-10-12-2-4-13(15-9-12)3-1-11-5-7-14-8-6-11/h1-9,16H,10H2. The van der Waals surface area contributed by atoms with Crippen molar-refractivity contribution in [2.75, 3.05) is 0 Å². The first-order valence-electron chi connectivity index (χ1n) is 5.02. The summed E-state index contributed by atoms with van der Waals surface area (Å²) in [6.45, 7) is 0.0291. The van der Waals surface area contributed by atoms with Crippen LogP contribution in [0.5, 0.6) is 0 Å². The molecular formula is C13H12N2O. The molecule has 2 rings (SSSR count). The molecule has 3 heteroatoms. The van der Waals surface area contributed by atoms with Crippen molar-refractivity contribution < 1.29 is 5.11 Å². The largest absolute Gasteiger partial charge is 0.392 e. The minimum Gasteiger partial charge on any atom is -0.392 e. The lowest BCUT2D eigenvalue weighted by Gasteiger charge is -1.96. The first kappa shape index (κ1) is 10.5. The van der Waals surface area contributed by atoms with E-state index in [0.29, 0.717) is 0 Å². The fourth-order valence-corrected chi connectivity index (χ4v) is 1.28. The third-order valence-electron chi connectivity index (χ3n) is 2.18. The van der Waals surface area contributed by atoms with E-state index in [-0.39, 0.29) is 6.61 Å². The molecule has 0 spiro atoms. The molecule has 0 aliphatic heterocycles. The highest BCUT2D eigenvalue weighted by Gasteiger charge is 1.91. The molecule has 16 heavy (non-hydrogen) atoms. The molecule has 3 nitrogen and oxygen atoms in total. The molecule has 0 aliphatic rings. The number of rotatable bonds is 3. The van der Waals surface area contributed by atoms with Gasteiger partial charge in [0.25, 0.3) is 0 Å². The van der Waals surface area contributed by atoms with E-state index in [1.807, 2.05) is 36.4 Å². The van der Waals surface area contributed by atoms with E-state index >= 15 is 0 Å². The summed E-state index contributed by atoms with van der Waals surface area (Å²) in [5, 5.41) is 8.87. The quantitative estimate of drug-likeness (QED) is 0.847. The molecule has 1 N–H and O–H groups in total. The summed E-state index contributed by atoms with van der Waals surface area (Å²) in [6.07, 6.45) is 9.08. The van der Waals surface area contributed by atoms with E-state index in [1.165, 1.54) is 0 Å². The highest BCUT2D eigenvalue weighted by atomic mass is 16.3. The zero-order valence-electron chi connectivity index (χ0n) is 8.74. The minimum atomic E-state index is 0.0291. The average molecular weight is 212 g/mol. The number of nitrogens with zero attached hydrogens (tertiary/aromatic N) is 2. The van der Waals surface area contributed by atoms with Crippen LogP contribution < -0.4 is 0 Å². The Morgan fingerprint density at radius 2 is 1.88 bits per heavy atom. The van der Waals surface area contributed by atoms with Gasteiger partial charge in [0.05, 0.1) is 12.3 Å². The maximum atomic E-state index is 8.87. The van der Waals surface area contributed by atoms with E-state index in [9.17, 15) is 0 Å². The molecule has 0 aromatic carbocycles. The van der Waals surface area contributed by atoms with Gasteiger partial charge in [-0.15, -0.1) is 0 Å². The van der Waals surface area contributed by atoms with Crippen LogP contribution in [0.2, 0.25) is 0 Å². The predicted molar refractivity (Wildman–Crippen MR) is 63.3 cm³/mol. The molecule has 0 saturated carbocycles. The van der Waals surface area contributed by atoms with Crippen LogP contribution in [0, 0.1) is 0 Å². The van der Waals surface area contributed by atoms with Crippen LogP contribution in [0.15, 0.2) is 42.9 Å². The Morgan fingerprint density at radius 3 is 2.50 bits per heavy atom. The SMILES string of the molecule is OCc1ccc(C=Cc2ccncc2)nc1. The van der Waals surface area contributed by atoms with Crippen molar-refractivity contribution in [2.45, 2.75) is 6.61 Å². The predicted octanol–water partition coefficient (Wildman–Crippen LogP) is 2.14. The number of hydrogen-bond acceptors (Lipinski definition) is 3. The van der Waals surface area contributed by atoms with Crippen molar-refractivity contribution in [1.29, 1.82) is 0 Å². The number of aliphatic hydroxyl groups is 1. The summed E-state index contributed by atoms with van der Waals surface area (Å²) in [6, 6.07) is 7.60. The second-order valence-corrected chi connectivity index (χ2v) is 3.36. The fraction of sp³-hybridized carbons (Fsp3) is 0.0769. The van der Waals surface area contributed by atoms with Crippen molar-refractivity contribution >= 4 is 12.2 Å². The van der Waals surface area contributed by atoms with Gasteiger partial charge in [-0.2, -0.15) is 0 Å². The Labute approximate surface area is 94.1 Å². The van der Waals surface area contributed by atoms with Crippen molar-refractivity contribution in [2.24, 2.45) is 0 Å². The first-order valence-corrected chi connectivity index (χ1v) is 5.02. The maximum absolute atomic E-state index is 8.87. The van der Waals surface area contributed by atoms with E-state index in [0.717, 1.165) is 16.8 Å². The van der Waals surface area contributed by atoms with Crippen LogP contribution in [-0.4, -0.2) is 15.1 Å². The third-order valence-corrected chi connectivity index (χ3v) is 2.18. The van der Waals surface area contributed by atoms with Crippen LogP contribution in [0.25, 0.3) is 12.2 Å². The average Bonchev–Trinajstić information content (AvgIpc) is 2.38. The van der Waals surface area contributed by atoms with Crippen LogP contribution >= 0.6 is 0 Å². The van der Waals surface area contributed by atoms with Gasteiger partial charge in [-0.25, -0.2) is 0 Å². The van der Waals surface area contributed by atoms with Gasteiger partial charge < -0.3 is 5.11 Å². The Kier molecular flexibility index (Phi) is 3.41. The second kappa shape index (κ2) is 5.19. The summed E-state index contributed by atoms with van der Waals surface area (Å²) in [7, 11) is 0. The number of aromatic nitrogens is 2. The number of pyridine rings is 2. The van der Waals surface area contributed by atoms with E-state index in [2.05, 4.69) is 9.97 Å². The van der Waals surface area contributed by atoms with Gasteiger partial charge in [-0.3, -0.25) is 9.97 Å². The molecule has 80 valence electrons. The van der Waals surface area contributed by atoms with Gasteiger partial charge in [0.15, 0.2) is 0 Å². The van der Waals surface area contributed by atoms with Crippen LogP contribution in [-0.2, 0) is 6.61 Å². The van der Waals surface area contributed by atoms with Gasteiger partial charge in [0.1, 0.15) is 0 Å². The Hall–Kier alpha value is -2.00. The van der Waals surface area contributed by atoms with Gasteiger partial charge in [0.2, 0.25) is 0 Å². The lowest BCUT2D eigenvalue weighted by molar-refractivity contribution is 0.281. The lowest BCUT2D eigenvalue weighted by atomic mass is 10.2. The molecule has 2 aromatic heterocycles. The monoisotopic (exact) mass is 212 g/mol. The molecule has 0 saturated heterocycles. The molecule has 0 atom stereocenters. The van der Waals surface area contributed by atoms with Crippen LogP contribution in [0.4, 0.5) is 0 Å². The van der Waals surface area contributed by atoms with Gasteiger partial charge >= 0.3 is 0 Å². The van der Waals surface area contributed by atoms with Crippen molar-refractivity contribution in [3.63, 3.8) is 0 Å². The topological polar surface area (TPSA) is 46.0 Å². The van der Waals surface area contributed by atoms with E-state index < -0.39 is 0 Å². The Balaban J connectivity index is 2.12. The van der Waals surface area contributed by atoms with Crippen LogP contribution in [0.3, 0.4) is 0 Å². The second-order valence-electron chi connectivity index (χ2n) is 3.36. The van der Waals surface area contributed by atoms with Crippen molar-refractivity contribution in [3.8, 4) is 0 Å². The molecule has 0 radical (unpaired) electrons. The lowest BCUT2D eigenvalue weighted by Crippen LogP contribution is -1.86. The molecule has 0 bridgehead atoms. The number of aliphatic hydroxyl groups excluding tert-OH is 1. The summed E-state index contributed by atoms with van der Waals surface area (Å²) in [5.74, 6) is 0. The third kappa shape index (κ3) is 2.74. The van der Waals surface area contributed by atoms with Gasteiger partial charge in [-0.1, -0.05) is 12.1 Å². The molecular weight excluding hydrogens is 200 g/mol. The van der Waals surface area contributed by atoms with Crippen molar-refractivity contribution in [1.82, 2.24) is 9.97 Å². The first-order chi connectivity index (χ1) is 7.88. The summed E-state index contributed by atoms with van der Waals surface area (Å²) in [5.41, 5.74) is 2.78. The van der Waals surface area contributed by atoms with E-state index in [1.54, 1.807) is 18.6 Å². The highest BCUT2D eigenvalue weighted by molar-refractivity contribution is 5.67. The Morgan fingerprint density at radius 1 is 1.06 bits per heavy atom. The van der Waals surface area contributed by atoms with Crippen LogP contribution in [0.1, 0.15) is 16.8 Å². The van der Waals surface area contributed by atoms with E-state index in [4.69, 9.17) is 5.11 Å². The summed E-state index contributed by atoms with van der Waals surface area (Å²) < 4.78 is 0. The molecule has 2 aromatic rings. The number of hydrogen-bond donors (Lipinski definition) is 1. The summed E-state index contributed by atoms with van der Waals surface area (Å²) >= 11 is 0. The van der Waals surface area contributed by atoms with Gasteiger partial charge in [0, 0.05) is 18.6 Å². The highest BCUT2D eigenvalue weighted by Crippen LogP contribution is 2.06. The molecule has 0 aliphatic carbocycles. The Bertz CT molecular complexity index is 463. The fourth-order valence-electron chi connectivity index (χ4n) is 1.28. The minimum absolute atomic E-state index is 0.0291. The molecule has 0 unspecified atom stereocenters.